The van der Waals surface area contributed by atoms with Crippen LogP contribution in [0.4, 0.5) is 0 Å². The smallest absolute Gasteiger partial charge is 0.265 e. The van der Waals surface area contributed by atoms with Gasteiger partial charge >= 0.3 is 0 Å². The molecule has 0 bridgehead atoms. The Balaban J connectivity index is 1.62. The summed E-state index contributed by atoms with van der Waals surface area (Å²) in [4.78, 5) is 30.7. The number of aromatic nitrogens is 2. The Morgan fingerprint density at radius 1 is 0.967 bits per heavy atom. The largest absolute Gasteiger partial charge is 0.348 e. The number of halogens is 1. The summed E-state index contributed by atoms with van der Waals surface area (Å²) < 4.78 is 1.42. The molecule has 0 fully saturated rings. The number of rotatable bonds is 3. The van der Waals surface area contributed by atoms with E-state index in [0.29, 0.717) is 27.1 Å². The average Bonchev–Trinajstić information content (AvgIpc) is 2.77. The zero-order valence-electron chi connectivity index (χ0n) is 15.8. The van der Waals surface area contributed by atoms with E-state index in [0.717, 1.165) is 16.3 Å². The van der Waals surface area contributed by atoms with E-state index in [1.165, 1.54) is 4.40 Å². The second-order valence-corrected chi connectivity index (χ2v) is 7.43. The minimum absolute atomic E-state index is 0.207. The molecule has 30 heavy (non-hydrogen) atoms. The standard InChI is InChI=1S/C24H16ClN3O2/c25-20-10-4-3-8-17(20)14-26-23(29)18-9-5-11-28-22(18)27-21-13-16-7-2-1-6-15(16)12-19(21)24(28)30/h1-13H,14H2,(H,26,29). The minimum Gasteiger partial charge on any atom is -0.348 e. The van der Waals surface area contributed by atoms with Gasteiger partial charge in [-0.25, -0.2) is 4.98 Å². The van der Waals surface area contributed by atoms with Crippen LogP contribution in [-0.4, -0.2) is 15.3 Å². The molecule has 5 rings (SSSR count). The number of pyridine rings is 1. The Labute approximate surface area is 176 Å². The fraction of sp³-hybridized carbons (Fsp3) is 0.0417. The Morgan fingerprint density at radius 3 is 2.50 bits per heavy atom. The molecule has 2 heterocycles. The molecular weight excluding hydrogens is 398 g/mol. The third-order valence-corrected chi connectivity index (χ3v) is 5.52. The maximum Gasteiger partial charge on any atom is 0.265 e. The lowest BCUT2D eigenvalue weighted by Gasteiger charge is -2.10. The Bertz CT molecular complexity index is 1510. The topological polar surface area (TPSA) is 63.5 Å². The van der Waals surface area contributed by atoms with Crippen molar-refractivity contribution in [3.05, 3.63) is 105 Å². The van der Waals surface area contributed by atoms with Crippen molar-refractivity contribution in [2.75, 3.05) is 0 Å². The van der Waals surface area contributed by atoms with Crippen LogP contribution in [0.1, 0.15) is 15.9 Å². The van der Waals surface area contributed by atoms with E-state index in [2.05, 4.69) is 10.3 Å². The van der Waals surface area contributed by atoms with Crippen molar-refractivity contribution in [3.63, 3.8) is 0 Å². The molecule has 0 saturated heterocycles. The van der Waals surface area contributed by atoms with Crippen molar-refractivity contribution < 1.29 is 4.79 Å². The van der Waals surface area contributed by atoms with Crippen LogP contribution in [0, 0.1) is 0 Å². The number of carbonyl (C=O) groups is 1. The lowest BCUT2D eigenvalue weighted by Crippen LogP contribution is -2.25. The SMILES string of the molecule is O=C(NCc1ccccc1Cl)c1cccn2c(=O)c3cc4ccccc4cc3nc12. The van der Waals surface area contributed by atoms with Crippen molar-refractivity contribution in [3.8, 4) is 0 Å². The average molecular weight is 414 g/mol. The fourth-order valence-electron chi connectivity index (χ4n) is 3.60. The first-order valence-electron chi connectivity index (χ1n) is 9.47. The van der Waals surface area contributed by atoms with Crippen LogP contribution in [0.15, 0.2) is 83.8 Å². The number of carbonyl (C=O) groups excluding carboxylic acids is 1. The van der Waals surface area contributed by atoms with Crippen LogP contribution < -0.4 is 10.9 Å². The van der Waals surface area contributed by atoms with E-state index in [1.807, 2.05) is 54.6 Å². The number of nitrogens with zero attached hydrogens (tertiary/aromatic N) is 2. The van der Waals surface area contributed by atoms with Gasteiger partial charge in [-0.1, -0.05) is 54.1 Å². The Hall–Kier alpha value is -3.70. The molecule has 0 unspecified atom stereocenters. The normalized spacial score (nSPS) is 11.2. The third kappa shape index (κ3) is 3.09. The first kappa shape index (κ1) is 18.3. The van der Waals surface area contributed by atoms with Crippen LogP contribution in [-0.2, 0) is 6.54 Å². The monoisotopic (exact) mass is 413 g/mol. The van der Waals surface area contributed by atoms with Gasteiger partial charge in [0.2, 0.25) is 0 Å². The highest BCUT2D eigenvalue weighted by atomic mass is 35.5. The van der Waals surface area contributed by atoms with Crippen molar-refractivity contribution in [1.82, 2.24) is 14.7 Å². The Kier molecular flexibility index (Phi) is 4.45. The van der Waals surface area contributed by atoms with Gasteiger partial charge in [-0.15, -0.1) is 0 Å². The van der Waals surface area contributed by atoms with Gasteiger partial charge in [-0.2, -0.15) is 0 Å². The molecule has 0 saturated carbocycles. The number of fused-ring (bicyclic) bond motifs is 3. The van der Waals surface area contributed by atoms with Gasteiger partial charge in [-0.05, 0) is 46.7 Å². The van der Waals surface area contributed by atoms with Gasteiger partial charge in [0.1, 0.15) is 0 Å². The van der Waals surface area contributed by atoms with Crippen molar-refractivity contribution in [1.29, 1.82) is 0 Å². The van der Waals surface area contributed by atoms with Crippen LogP contribution in [0.3, 0.4) is 0 Å². The summed E-state index contributed by atoms with van der Waals surface area (Å²) in [5, 5.41) is 5.92. The molecule has 3 aromatic carbocycles. The number of hydrogen-bond donors (Lipinski definition) is 1. The van der Waals surface area contributed by atoms with E-state index < -0.39 is 0 Å². The first-order chi connectivity index (χ1) is 14.6. The maximum absolute atomic E-state index is 13.1. The van der Waals surface area contributed by atoms with Crippen LogP contribution >= 0.6 is 11.6 Å². The van der Waals surface area contributed by atoms with Crippen molar-refractivity contribution in [2.45, 2.75) is 6.54 Å². The highest BCUT2D eigenvalue weighted by Gasteiger charge is 2.15. The molecule has 0 atom stereocenters. The zero-order chi connectivity index (χ0) is 20.7. The van der Waals surface area contributed by atoms with Crippen LogP contribution in [0.2, 0.25) is 5.02 Å². The molecule has 1 N–H and O–H groups in total. The van der Waals surface area contributed by atoms with Gasteiger partial charge in [0.15, 0.2) is 5.65 Å². The van der Waals surface area contributed by atoms with E-state index in [-0.39, 0.29) is 18.0 Å². The van der Waals surface area contributed by atoms with Gasteiger partial charge in [0.05, 0.1) is 16.5 Å². The zero-order valence-corrected chi connectivity index (χ0v) is 16.6. The second-order valence-electron chi connectivity index (χ2n) is 7.02. The van der Waals surface area contributed by atoms with E-state index in [9.17, 15) is 9.59 Å². The summed E-state index contributed by atoms with van der Waals surface area (Å²) >= 11 is 6.17. The molecule has 0 aliphatic heterocycles. The molecule has 5 nitrogen and oxygen atoms in total. The summed E-state index contributed by atoms with van der Waals surface area (Å²) in [5.74, 6) is -0.319. The van der Waals surface area contributed by atoms with Crippen molar-refractivity contribution in [2.24, 2.45) is 0 Å². The molecule has 0 spiro atoms. The number of benzene rings is 3. The molecule has 0 radical (unpaired) electrons. The van der Waals surface area contributed by atoms with E-state index in [4.69, 9.17) is 11.6 Å². The Morgan fingerprint density at radius 2 is 1.70 bits per heavy atom. The highest BCUT2D eigenvalue weighted by Crippen LogP contribution is 2.21. The number of nitrogens with one attached hydrogen (secondary N) is 1. The van der Waals surface area contributed by atoms with Gasteiger partial charge in [0.25, 0.3) is 11.5 Å². The predicted octanol–water partition coefficient (Wildman–Crippen LogP) is 4.58. The third-order valence-electron chi connectivity index (χ3n) is 5.15. The maximum atomic E-state index is 13.1. The van der Waals surface area contributed by atoms with E-state index in [1.54, 1.807) is 24.4 Å². The lowest BCUT2D eigenvalue weighted by molar-refractivity contribution is 0.0952. The lowest BCUT2D eigenvalue weighted by atomic mass is 10.1. The number of hydrogen-bond acceptors (Lipinski definition) is 3. The predicted molar refractivity (Wildman–Crippen MR) is 119 cm³/mol. The number of amides is 1. The molecule has 1 amide bonds. The second kappa shape index (κ2) is 7.28. The summed E-state index contributed by atoms with van der Waals surface area (Å²) in [6, 6.07) is 22.2. The summed E-state index contributed by atoms with van der Waals surface area (Å²) in [6.45, 7) is 0.280. The molecule has 2 aromatic heterocycles. The van der Waals surface area contributed by atoms with Gasteiger partial charge < -0.3 is 5.32 Å². The van der Waals surface area contributed by atoms with Crippen LogP contribution in [0.5, 0.6) is 0 Å². The fourth-order valence-corrected chi connectivity index (χ4v) is 3.81. The molecule has 6 heteroatoms. The molecule has 0 aliphatic carbocycles. The quantitative estimate of drug-likeness (QED) is 0.440. The molecule has 0 aliphatic rings. The van der Waals surface area contributed by atoms with Gasteiger partial charge in [0, 0.05) is 17.8 Å². The minimum atomic E-state index is -0.319. The van der Waals surface area contributed by atoms with Gasteiger partial charge in [-0.3, -0.25) is 14.0 Å². The summed E-state index contributed by atoms with van der Waals surface area (Å²) in [6.07, 6.45) is 1.63. The molecule has 5 aromatic rings. The summed E-state index contributed by atoms with van der Waals surface area (Å²) in [5.41, 5.74) is 1.82. The van der Waals surface area contributed by atoms with Crippen LogP contribution in [0.25, 0.3) is 27.3 Å². The van der Waals surface area contributed by atoms with E-state index >= 15 is 0 Å². The highest BCUT2D eigenvalue weighted by molar-refractivity contribution is 6.31. The summed E-state index contributed by atoms with van der Waals surface area (Å²) in [7, 11) is 0. The van der Waals surface area contributed by atoms with Crippen molar-refractivity contribution >= 4 is 44.8 Å². The molecule has 146 valence electrons. The first-order valence-corrected chi connectivity index (χ1v) is 9.85. The molecular formula is C24H16ClN3O2.